The Morgan fingerprint density at radius 3 is 2.79 bits per heavy atom. The number of nitrogens with zero attached hydrogens (tertiary/aromatic N) is 3. The van der Waals surface area contributed by atoms with Crippen molar-refractivity contribution in [3.63, 3.8) is 0 Å². The molecule has 0 saturated heterocycles. The van der Waals surface area contributed by atoms with Gasteiger partial charge in [-0.1, -0.05) is 0 Å². The molecular formula is C13H15BrN4O. The summed E-state index contributed by atoms with van der Waals surface area (Å²) < 4.78 is 4.29. The molecule has 0 atom stereocenters. The lowest BCUT2D eigenvalue weighted by Crippen LogP contribution is -2.19. The minimum atomic E-state index is -0.0678. The first kappa shape index (κ1) is 12.5. The summed E-state index contributed by atoms with van der Waals surface area (Å²) in [6.07, 6.45) is 4.21. The maximum atomic E-state index is 12.0. The molecule has 100 valence electrons. The van der Waals surface area contributed by atoms with E-state index in [9.17, 15) is 4.79 Å². The number of pyridine rings is 1. The van der Waals surface area contributed by atoms with E-state index in [0.717, 1.165) is 10.3 Å². The monoisotopic (exact) mass is 322 g/mol. The number of halogens is 1. The van der Waals surface area contributed by atoms with Crippen molar-refractivity contribution in [2.45, 2.75) is 18.8 Å². The van der Waals surface area contributed by atoms with Crippen molar-refractivity contribution in [3.05, 3.63) is 38.9 Å². The number of nitrogens with one attached hydrogen (secondary N) is 1. The molecule has 0 radical (unpaired) electrons. The molecule has 2 heterocycles. The van der Waals surface area contributed by atoms with Crippen LogP contribution in [0.3, 0.4) is 0 Å². The second-order valence-electron chi connectivity index (χ2n) is 4.97. The van der Waals surface area contributed by atoms with Crippen LogP contribution < -0.4 is 10.9 Å². The molecule has 0 aliphatic heterocycles. The van der Waals surface area contributed by atoms with Gasteiger partial charge in [0.05, 0.1) is 0 Å². The van der Waals surface area contributed by atoms with Gasteiger partial charge < -0.3 is 9.88 Å². The third kappa shape index (κ3) is 2.45. The quantitative estimate of drug-likeness (QED) is 0.944. The SMILES string of the molecule is Cn1nc(Nc2cc(Br)cn(C)c2=O)cc1C1CC1. The Hall–Kier alpha value is -1.56. The van der Waals surface area contributed by atoms with E-state index in [0.29, 0.717) is 11.6 Å². The topological polar surface area (TPSA) is 51.9 Å². The van der Waals surface area contributed by atoms with Crippen LogP contribution in [0.15, 0.2) is 27.6 Å². The molecule has 2 aromatic heterocycles. The molecule has 19 heavy (non-hydrogen) atoms. The molecule has 0 unspecified atom stereocenters. The Labute approximate surface area is 119 Å². The Bertz CT molecular complexity index is 684. The number of hydrogen-bond donors (Lipinski definition) is 1. The van der Waals surface area contributed by atoms with Crippen molar-refractivity contribution in [1.82, 2.24) is 14.3 Å². The van der Waals surface area contributed by atoms with Crippen LogP contribution in [0.5, 0.6) is 0 Å². The zero-order chi connectivity index (χ0) is 13.6. The Morgan fingerprint density at radius 2 is 2.11 bits per heavy atom. The third-order valence-electron chi connectivity index (χ3n) is 3.32. The minimum absolute atomic E-state index is 0.0678. The summed E-state index contributed by atoms with van der Waals surface area (Å²) >= 11 is 3.39. The Balaban J connectivity index is 1.93. The summed E-state index contributed by atoms with van der Waals surface area (Å²) in [6, 6.07) is 3.80. The molecule has 0 bridgehead atoms. The van der Waals surface area contributed by atoms with Crippen LogP contribution in [-0.4, -0.2) is 14.3 Å². The first-order valence-electron chi connectivity index (χ1n) is 6.22. The second kappa shape index (κ2) is 4.52. The summed E-state index contributed by atoms with van der Waals surface area (Å²) in [7, 11) is 3.67. The third-order valence-corrected chi connectivity index (χ3v) is 3.76. The van der Waals surface area contributed by atoms with Gasteiger partial charge in [-0.15, -0.1) is 0 Å². The van der Waals surface area contributed by atoms with Gasteiger partial charge in [0.25, 0.3) is 5.56 Å². The molecule has 1 N–H and O–H groups in total. The highest BCUT2D eigenvalue weighted by molar-refractivity contribution is 9.10. The number of rotatable bonds is 3. The van der Waals surface area contributed by atoms with Gasteiger partial charge in [-0.25, -0.2) is 0 Å². The lowest BCUT2D eigenvalue weighted by molar-refractivity contribution is 0.716. The highest BCUT2D eigenvalue weighted by Crippen LogP contribution is 2.40. The van der Waals surface area contributed by atoms with Crippen molar-refractivity contribution < 1.29 is 0 Å². The molecule has 1 fully saturated rings. The molecule has 5 nitrogen and oxygen atoms in total. The maximum Gasteiger partial charge on any atom is 0.274 e. The van der Waals surface area contributed by atoms with E-state index in [4.69, 9.17) is 0 Å². The average molecular weight is 323 g/mol. The number of aromatic nitrogens is 3. The fourth-order valence-corrected chi connectivity index (χ4v) is 2.74. The van der Waals surface area contributed by atoms with Crippen molar-refractivity contribution in [3.8, 4) is 0 Å². The Morgan fingerprint density at radius 1 is 1.37 bits per heavy atom. The van der Waals surface area contributed by atoms with Crippen LogP contribution in [0.25, 0.3) is 0 Å². The molecule has 1 saturated carbocycles. The van der Waals surface area contributed by atoms with Gasteiger partial charge in [0, 0.05) is 42.4 Å². The molecule has 0 spiro atoms. The fourth-order valence-electron chi connectivity index (χ4n) is 2.20. The van der Waals surface area contributed by atoms with Crippen molar-refractivity contribution in [1.29, 1.82) is 0 Å². The molecule has 2 aromatic rings. The van der Waals surface area contributed by atoms with Crippen LogP contribution in [0.4, 0.5) is 11.5 Å². The lowest BCUT2D eigenvalue weighted by atomic mass is 10.3. The van der Waals surface area contributed by atoms with E-state index >= 15 is 0 Å². The van der Waals surface area contributed by atoms with E-state index in [1.807, 2.05) is 17.8 Å². The smallest absolute Gasteiger partial charge is 0.274 e. The van der Waals surface area contributed by atoms with Crippen LogP contribution in [-0.2, 0) is 14.1 Å². The van der Waals surface area contributed by atoms with Gasteiger partial charge in [-0.3, -0.25) is 9.48 Å². The van der Waals surface area contributed by atoms with Gasteiger partial charge in [0.2, 0.25) is 0 Å². The number of aryl methyl sites for hydroxylation is 2. The molecule has 0 aromatic carbocycles. The normalized spacial score (nSPS) is 14.7. The zero-order valence-corrected chi connectivity index (χ0v) is 12.4. The van der Waals surface area contributed by atoms with E-state index < -0.39 is 0 Å². The first-order chi connectivity index (χ1) is 9.04. The highest BCUT2D eigenvalue weighted by Gasteiger charge is 2.27. The first-order valence-corrected chi connectivity index (χ1v) is 7.01. The largest absolute Gasteiger partial charge is 0.334 e. The highest BCUT2D eigenvalue weighted by atomic mass is 79.9. The van der Waals surface area contributed by atoms with Crippen LogP contribution in [0, 0.1) is 0 Å². The summed E-state index contributed by atoms with van der Waals surface area (Å²) in [6.45, 7) is 0. The van der Waals surface area contributed by atoms with Gasteiger partial charge in [0.15, 0.2) is 5.82 Å². The number of hydrogen-bond acceptors (Lipinski definition) is 3. The number of anilines is 2. The average Bonchev–Trinajstić information content (AvgIpc) is 3.11. The summed E-state index contributed by atoms with van der Waals surface area (Å²) in [4.78, 5) is 12.0. The summed E-state index contributed by atoms with van der Waals surface area (Å²) in [5.74, 6) is 1.36. The van der Waals surface area contributed by atoms with E-state index in [1.165, 1.54) is 23.1 Å². The van der Waals surface area contributed by atoms with E-state index in [-0.39, 0.29) is 5.56 Å². The predicted octanol–water partition coefficient (Wildman–Crippen LogP) is 2.50. The molecule has 0 amide bonds. The molecular weight excluding hydrogens is 308 g/mol. The fraction of sp³-hybridized carbons (Fsp3) is 0.385. The standard InChI is InChI=1S/C13H15BrN4O/c1-17-7-9(14)5-10(13(17)19)15-12-6-11(8-3-4-8)18(2)16-12/h5-8H,3-4H2,1-2H3,(H,15,16). The second-order valence-corrected chi connectivity index (χ2v) is 5.88. The minimum Gasteiger partial charge on any atom is -0.334 e. The van der Waals surface area contributed by atoms with Gasteiger partial charge in [0.1, 0.15) is 5.69 Å². The van der Waals surface area contributed by atoms with E-state index in [2.05, 4.69) is 26.3 Å². The van der Waals surface area contributed by atoms with E-state index in [1.54, 1.807) is 19.3 Å². The molecule has 6 heteroatoms. The zero-order valence-electron chi connectivity index (χ0n) is 10.9. The van der Waals surface area contributed by atoms with Gasteiger partial charge >= 0.3 is 0 Å². The predicted molar refractivity (Wildman–Crippen MR) is 77.8 cm³/mol. The molecule has 1 aliphatic carbocycles. The maximum absolute atomic E-state index is 12.0. The van der Waals surface area contributed by atoms with Crippen LogP contribution in [0.1, 0.15) is 24.5 Å². The molecule has 3 rings (SSSR count). The lowest BCUT2D eigenvalue weighted by Gasteiger charge is -2.05. The van der Waals surface area contributed by atoms with Crippen molar-refractivity contribution in [2.75, 3.05) is 5.32 Å². The molecule has 1 aliphatic rings. The summed E-state index contributed by atoms with van der Waals surface area (Å²) in [5.41, 5.74) is 1.69. The Kier molecular flexibility index (Phi) is 2.97. The van der Waals surface area contributed by atoms with Crippen LogP contribution in [0.2, 0.25) is 0 Å². The van der Waals surface area contributed by atoms with Crippen molar-refractivity contribution >= 4 is 27.4 Å². The van der Waals surface area contributed by atoms with Crippen molar-refractivity contribution in [2.24, 2.45) is 14.1 Å². The van der Waals surface area contributed by atoms with Gasteiger partial charge in [-0.05, 0) is 34.8 Å². The summed E-state index contributed by atoms with van der Waals surface area (Å²) in [5, 5.41) is 7.51. The van der Waals surface area contributed by atoms with Gasteiger partial charge in [-0.2, -0.15) is 5.10 Å². The van der Waals surface area contributed by atoms with Crippen LogP contribution >= 0.6 is 15.9 Å².